The predicted molar refractivity (Wildman–Crippen MR) is 91.8 cm³/mol. The minimum atomic E-state index is -0.124. The van der Waals surface area contributed by atoms with Crippen LogP contribution in [0.15, 0.2) is 17.1 Å². The number of hydrogen-bond donors (Lipinski definition) is 0. The highest BCUT2D eigenvalue weighted by atomic mass is 35.5. The van der Waals surface area contributed by atoms with Crippen molar-refractivity contribution < 1.29 is 9.53 Å². The minimum Gasteiger partial charge on any atom is -0.380 e. The number of carbonyl (C=O) groups is 1. The van der Waals surface area contributed by atoms with Gasteiger partial charge < -0.3 is 9.30 Å². The molecule has 2 rings (SSSR count). The van der Waals surface area contributed by atoms with E-state index in [-0.39, 0.29) is 5.91 Å². The summed E-state index contributed by atoms with van der Waals surface area (Å²) in [6.07, 6.45) is 1.22. The number of benzene rings is 1. The molecule has 0 N–H and O–H groups in total. The number of rotatable bonds is 6. The number of carbonyl (C=O) groups excluding carboxylic acids is 1. The monoisotopic (exact) mass is 360 g/mol. The highest BCUT2D eigenvalue weighted by Crippen LogP contribution is 2.32. The van der Waals surface area contributed by atoms with Gasteiger partial charge in [0.1, 0.15) is 0 Å². The molecule has 22 heavy (non-hydrogen) atoms. The average molecular weight is 361 g/mol. The summed E-state index contributed by atoms with van der Waals surface area (Å²) in [4.78, 5) is 16.7. The Kier molecular flexibility index (Phi) is 6.44. The molecule has 120 valence electrons. The molecule has 0 saturated carbocycles. The molecule has 1 aromatic carbocycles. The van der Waals surface area contributed by atoms with Crippen molar-refractivity contribution in [2.45, 2.75) is 33.2 Å². The molecule has 7 heteroatoms. The maximum absolute atomic E-state index is 11.9. The van der Waals surface area contributed by atoms with Gasteiger partial charge in [0.05, 0.1) is 26.9 Å². The maximum atomic E-state index is 11.9. The van der Waals surface area contributed by atoms with E-state index in [1.54, 1.807) is 6.07 Å². The Labute approximate surface area is 143 Å². The first-order valence-electron chi connectivity index (χ1n) is 7.21. The van der Waals surface area contributed by atoms with Crippen LogP contribution in [0.5, 0.6) is 0 Å². The van der Waals surface area contributed by atoms with Crippen LogP contribution in [-0.4, -0.2) is 23.7 Å². The van der Waals surface area contributed by atoms with Crippen molar-refractivity contribution in [3.8, 4) is 0 Å². The maximum Gasteiger partial charge on any atom is 0.248 e. The minimum absolute atomic E-state index is 0.124. The topological polar surface area (TPSA) is 43.6 Å². The first kappa shape index (κ1) is 17.5. The Morgan fingerprint density at radius 3 is 2.82 bits per heavy atom. The number of nitrogens with zero attached hydrogens (tertiary/aromatic N) is 2. The fourth-order valence-electron chi connectivity index (χ4n) is 2.07. The summed E-state index contributed by atoms with van der Waals surface area (Å²) < 4.78 is 8.28. The lowest BCUT2D eigenvalue weighted by atomic mass is 10.3. The van der Waals surface area contributed by atoms with E-state index < -0.39 is 0 Å². The molecule has 2 aromatic rings. The van der Waals surface area contributed by atoms with Gasteiger partial charge in [0, 0.05) is 19.6 Å². The Morgan fingerprint density at radius 1 is 1.36 bits per heavy atom. The molecule has 0 atom stereocenters. The second-order valence-electron chi connectivity index (χ2n) is 4.70. The Morgan fingerprint density at radius 2 is 2.14 bits per heavy atom. The summed E-state index contributed by atoms with van der Waals surface area (Å²) in [6.45, 7) is 5.64. The Balaban J connectivity index is 2.56. The zero-order valence-corrected chi connectivity index (χ0v) is 14.9. The van der Waals surface area contributed by atoms with Crippen LogP contribution in [0.1, 0.15) is 26.7 Å². The Bertz CT molecular complexity index is 737. The van der Waals surface area contributed by atoms with Gasteiger partial charge in [-0.1, -0.05) is 41.5 Å². The van der Waals surface area contributed by atoms with Gasteiger partial charge in [0.2, 0.25) is 5.91 Å². The second kappa shape index (κ2) is 8.11. The zero-order chi connectivity index (χ0) is 16.1. The van der Waals surface area contributed by atoms with Crippen LogP contribution >= 0.6 is 34.5 Å². The third kappa shape index (κ3) is 3.90. The molecular formula is C15H18Cl2N2O2S. The van der Waals surface area contributed by atoms with E-state index in [0.717, 1.165) is 16.6 Å². The van der Waals surface area contributed by atoms with Crippen molar-refractivity contribution >= 4 is 50.7 Å². The first-order chi connectivity index (χ1) is 10.6. The molecule has 1 amide bonds. The van der Waals surface area contributed by atoms with Gasteiger partial charge in [-0.15, -0.1) is 0 Å². The van der Waals surface area contributed by atoms with Crippen LogP contribution in [0.2, 0.25) is 10.0 Å². The molecule has 0 radical (unpaired) electrons. The van der Waals surface area contributed by atoms with Gasteiger partial charge in [-0.3, -0.25) is 4.79 Å². The fraction of sp³-hybridized carbons (Fsp3) is 0.467. The van der Waals surface area contributed by atoms with Crippen LogP contribution < -0.4 is 4.80 Å². The number of aromatic nitrogens is 1. The molecule has 0 aliphatic rings. The van der Waals surface area contributed by atoms with E-state index in [9.17, 15) is 4.79 Å². The van der Waals surface area contributed by atoms with Crippen LogP contribution in [0.4, 0.5) is 0 Å². The lowest BCUT2D eigenvalue weighted by molar-refractivity contribution is -0.118. The smallest absolute Gasteiger partial charge is 0.248 e. The molecular weight excluding hydrogens is 343 g/mol. The van der Waals surface area contributed by atoms with E-state index in [2.05, 4.69) is 4.99 Å². The van der Waals surface area contributed by atoms with E-state index in [1.165, 1.54) is 11.3 Å². The van der Waals surface area contributed by atoms with Crippen molar-refractivity contribution in [3.63, 3.8) is 0 Å². The van der Waals surface area contributed by atoms with Crippen molar-refractivity contribution in [1.29, 1.82) is 0 Å². The van der Waals surface area contributed by atoms with Crippen LogP contribution in [0.25, 0.3) is 10.2 Å². The fourth-order valence-corrected chi connectivity index (χ4v) is 3.63. The van der Waals surface area contributed by atoms with Gasteiger partial charge in [-0.25, -0.2) is 0 Å². The summed E-state index contributed by atoms with van der Waals surface area (Å²) >= 11 is 13.9. The zero-order valence-electron chi connectivity index (χ0n) is 12.6. The lowest BCUT2D eigenvalue weighted by Crippen LogP contribution is -2.19. The molecule has 1 heterocycles. The summed E-state index contributed by atoms with van der Waals surface area (Å²) in [7, 11) is 0. The molecule has 0 spiro atoms. The summed E-state index contributed by atoms with van der Waals surface area (Å²) in [5.74, 6) is -0.124. The molecule has 0 fully saturated rings. The van der Waals surface area contributed by atoms with Crippen molar-refractivity contribution in [2.75, 3.05) is 13.2 Å². The summed E-state index contributed by atoms with van der Waals surface area (Å²) in [5.41, 5.74) is 0.807. The van der Waals surface area contributed by atoms with E-state index in [4.69, 9.17) is 27.9 Å². The number of hydrogen-bond acceptors (Lipinski definition) is 3. The van der Waals surface area contributed by atoms with E-state index in [1.807, 2.05) is 24.5 Å². The van der Waals surface area contributed by atoms with E-state index >= 15 is 0 Å². The van der Waals surface area contributed by atoms with Gasteiger partial charge in [-0.2, -0.15) is 4.99 Å². The summed E-state index contributed by atoms with van der Waals surface area (Å²) in [6, 6.07) is 3.65. The molecule has 0 unspecified atom stereocenters. The number of amides is 1. The third-order valence-corrected chi connectivity index (χ3v) is 4.92. The molecule has 0 saturated heterocycles. The molecule has 0 aliphatic carbocycles. The van der Waals surface area contributed by atoms with Gasteiger partial charge in [0.25, 0.3) is 0 Å². The quantitative estimate of drug-likeness (QED) is 0.721. The SMILES string of the molecule is CCCC(=O)N=c1sc2ccc(Cl)c(Cl)c2n1CCOCC. The largest absolute Gasteiger partial charge is 0.380 e. The van der Waals surface area contributed by atoms with Crippen molar-refractivity contribution in [3.05, 3.63) is 27.0 Å². The lowest BCUT2D eigenvalue weighted by Gasteiger charge is -2.07. The Hall–Kier alpha value is -0.880. The molecule has 4 nitrogen and oxygen atoms in total. The van der Waals surface area contributed by atoms with Gasteiger partial charge >= 0.3 is 0 Å². The normalized spacial score (nSPS) is 12.3. The van der Waals surface area contributed by atoms with E-state index in [0.29, 0.717) is 41.0 Å². The average Bonchev–Trinajstić information content (AvgIpc) is 2.82. The van der Waals surface area contributed by atoms with Crippen LogP contribution in [0, 0.1) is 0 Å². The van der Waals surface area contributed by atoms with Crippen LogP contribution in [-0.2, 0) is 16.1 Å². The van der Waals surface area contributed by atoms with Crippen LogP contribution in [0.3, 0.4) is 0 Å². The first-order valence-corrected chi connectivity index (χ1v) is 8.78. The van der Waals surface area contributed by atoms with Gasteiger partial charge in [-0.05, 0) is 25.5 Å². The van der Waals surface area contributed by atoms with Gasteiger partial charge in [0.15, 0.2) is 4.80 Å². The highest BCUT2D eigenvalue weighted by molar-refractivity contribution is 7.16. The summed E-state index contributed by atoms with van der Waals surface area (Å²) in [5, 5.41) is 0.972. The molecule has 0 bridgehead atoms. The number of ether oxygens (including phenoxy) is 1. The van der Waals surface area contributed by atoms with Crippen molar-refractivity contribution in [1.82, 2.24) is 4.57 Å². The third-order valence-electron chi connectivity index (χ3n) is 3.08. The highest BCUT2D eigenvalue weighted by Gasteiger charge is 2.13. The number of halogens is 2. The second-order valence-corrected chi connectivity index (χ2v) is 6.49. The van der Waals surface area contributed by atoms with Crippen molar-refractivity contribution in [2.24, 2.45) is 4.99 Å². The number of fused-ring (bicyclic) bond motifs is 1. The number of thiazole rings is 1. The molecule has 1 aromatic heterocycles. The predicted octanol–water partition coefficient (Wildman–Crippen LogP) is 4.27. The molecule has 0 aliphatic heterocycles. The standard InChI is InChI=1S/C15H18Cl2N2O2S/c1-3-5-12(20)18-15-19(8-9-21-4-2)14-11(22-15)7-6-10(16)13(14)17/h6-7H,3-5,8-9H2,1-2H3.